The Morgan fingerprint density at radius 1 is 1.20 bits per heavy atom. The maximum absolute atomic E-state index is 12.3. The third-order valence-electron chi connectivity index (χ3n) is 2.87. The number of rotatable bonds is 4. The number of nitrogens with zero attached hydrogens (tertiary/aromatic N) is 1. The number of hydrogen-bond acceptors (Lipinski definition) is 4. The molecule has 20 heavy (non-hydrogen) atoms. The minimum Gasteiger partial charge on any atom is -0.330 e. The van der Waals surface area contributed by atoms with E-state index in [-0.39, 0.29) is 11.1 Å². The molecule has 0 saturated carbocycles. The van der Waals surface area contributed by atoms with Crippen molar-refractivity contribution < 1.29 is 28.0 Å². The summed E-state index contributed by atoms with van der Waals surface area (Å²) in [4.78, 5) is 39.7. The third kappa shape index (κ3) is 2.52. The number of hydrogen-bond donors (Lipinski definition) is 0. The lowest BCUT2D eigenvalue weighted by Crippen LogP contribution is -2.33. The maximum Gasteiger partial charge on any atom is 0.333 e. The second-order valence-corrected chi connectivity index (χ2v) is 4.43. The summed E-state index contributed by atoms with van der Waals surface area (Å²) in [5.74, 6) is -3.81. The molecule has 106 valence electrons. The number of carbonyl (C=O) groups is 3. The lowest BCUT2D eigenvalue weighted by molar-refractivity contribution is -0.170. The zero-order valence-electron chi connectivity index (χ0n) is 10.5. The number of fused-ring (bicyclic) bond motifs is 1. The van der Waals surface area contributed by atoms with E-state index in [0.29, 0.717) is 5.06 Å². The molecule has 1 atom stereocenters. The van der Waals surface area contributed by atoms with Gasteiger partial charge < -0.3 is 4.84 Å². The highest BCUT2D eigenvalue weighted by molar-refractivity contribution is 6.20. The Kier molecular flexibility index (Phi) is 3.78. The van der Waals surface area contributed by atoms with Gasteiger partial charge >= 0.3 is 5.97 Å². The van der Waals surface area contributed by atoms with E-state index in [0.717, 1.165) is 0 Å². The minimum atomic E-state index is -2.68. The number of hydroxylamine groups is 2. The Balaban J connectivity index is 2.07. The van der Waals surface area contributed by atoms with Gasteiger partial charge in [-0.3, -0.25) is 9.59 Å². The zero-order chi connectivity index (χ0) is 14.9. The molecule has 1 heterocycles. The van der Waals surface area contributed by atoms with E-state index in [1.54, 1.807) is 12.1 Å². The van der Waals surface area contributed by atoms with Crippen LogP contribution in [0, 0.1) is 5.92 Å². The molecule has 5 nitrogen and oxygen atoms in total. The van der Waals surface area contributed by atoms with Crippen LogP contribution in [0.1, 0.15) is 34.1 Å². The van der Waals surface area contributed by atoms with Gasteiger partial charge in [0.15, 0.2) is 0 Å². The van der Waals surface area contributed by atoms with Gasteiger partial charge in [-0.15, -0.1) is 0 Å². The molecule has 1 aliphatic heterocycles. The molecule has 2 rings (SSSR count). The predicted molar refractivity (Wildman–Crippen MR) is 62.8 cm³/mol. The molecule has 2 amide bonds. The summed E-state index contributed by atoms with van der Waals surface area (Å²) in [7, 11) is 0. The van der Waals surface area contributed by atoms with Gasteiger partial charge in [-0.25, -0.2) is 13.6 Å². The summed E-state index contributed by atoms with van der Waals surface area (Å²) in [6, 6.07) is 5.97. The van der Waals surface area contributed by atoms with Crippen LogP contribution in [0.5, 0.6) is 0 Å². The summed E-state index contributed by atoms with van der Waals surface area (Å²) < 4.78 is 24.6. The first kappa shape index (κ1) is 14.1. The number of alkyl halides is 2. The van der Waals surface area contributed by atoms with Crippen LogP contribution >= 0.6 is 0 Å². The molecule has 0 fully saturated rings. The molecule has 0 aromatic heterocycles. The van der Waals surface area contributed by atoms with Gasteiger partial charge in [0.1, 0.15) is 0 Å². The molecule has 1 aromatic rings. The summed E-state index contributed by atoms with van der Waals surface area (Å²) >= 11 is 0. The number of imide groups is 1. The number of carbonyl (C=O) groups excluding carboxylic acids is 3. The van der Waals surface area contributed by atoms with Gasteiger partial charge in [-0.2, -0.15) is 0 Å². The largest absolute Gasteiger partial charge is 0.333 e. The van der Waals surface area contributed by atoms with Crippen molar-refractivity contribution in [2.75, 3.05) is 0 Å². The summed E-state index contributed by atoms with van der Waals surface area (Å²) in [6.07, 6.45) is -3.25. The Morgan fingerprint density at radius 2 is 1.70 bits per heavy atom. The first-order valence-electron chi connectivity index (χ1n) is 5.88. The van der Waals surface area contributed by atoms with Crippen LogP contribution in [0.3, 0.4) is 0 Å². The van der Waals surface area contributed by atoms with Crippen LogP contribution in [0.15, 0.2) is 24.3 Å². The van der Waals surface area contributed by atoms with E-state index >= 15 is 0 Å². The van der Waals surface area contributed by atoms with E-state index in [1.165, 1.54) is 19.1 Å². The van der Waals surface area contributed by atoms with Crippen LogP contribution in [-0.4, -0.2) is 29.3 Å². The standard InChI is InChI=1S/C13H11F2NO4/c1-7(11(14)15)6-10(17)20-16-12(18)8-4-2-3-5-9(8)13(16)19/h2-5,7,11H,6H2,1H3. The monoisotopic (exact) mass is 283 g/mol. The molecule has 0 N–H and O–H groups in total. The first-order valence-corrected chi connectivity index (χ1v) is 5.88. The second-order valence-electron chi connectivity index (χ2n) is 4.43. The van der Waals surface area contributed by atoms with E-state index in [1.807, 2.05) is 0 Å². The average Bonchev–Trinajstić information content (AvgIpc) is 2.64. The highest BCUT2D eigenvalue weighted by Crippen LogP contribution is 2.23. The van der Waals surface area contributed by atoms with Crippen molar-refractivity contribution in [1.29, 1.82) is 0 Å². The summed E-state index contributed by atoms with van der Waals surface area (Å²) in [5, 5.41) is 0.311. The van der Waals surface area contributed by atoms with Crippen molar-refractivity contribution in [3.05, 3.63) is 35.4 Å². The van der Waals surface area contributed by atoms with Crippen molar-refractivity contribution in [1.82, 2.24) is 5.06 Å². The minimum absolute atomic E-state index is 0.118. The van der Waals surface area contributed by atoms with Gasteiger partial charge in [0, 0.05) is 5.92 Å². The fraction of sp³-hybridized carbons (Fsp3) is 0.308. The Morgan fingerprint density at radius 3 is 2.15 bits per heavy atom. The predicted octanol–water partition coefficient (Wildman–Crippen LogP) is 2.03. The first-order chi connectivity index (χ1) is 9.41. The van der Waals surface area contributed by atoms with E-state index in [4.69, 9.17) is 0 Å². The van der Waals surface area contributed by atoms with Crippen LogP contribution in [-0.2, 0) is 9.63 Å². The SMILES string of the molecule is CC(CC(=O)ON1C(=O)c2ccccc2C1=O)C(F)F. The van der Waals surface area contributed by atoms with Crippen molar-refractivity contribution in [3.63, 3.8) is 0 Å². The van der Waals surface area contributed by atoms with Gasteiger partial charge in [0.05, 0.1) is 17.5 Å². The smallest absolute Gasteiger partial charge is 0.330 e. The summed E-state index contributed by atoms with van der Waals surface area (Å²) in [5.41, 5.74) is 0.236. The van der Waals surface area contributed by atoms with E-state index in [9.17, 15) is 23.2 Å². The highest BCUT2D eigenvalue weighted by atomic mass is 19.3. The quantitative estimate of drug-likeness (QED) is 0.793. The van der Waals surface area contributed by atoms with Crippen LogP contribution < -0.4 is 0 Å². The Bertz CT molecular complexity index is 538. The van der Waals surface area contributed by atoms with Crippen LogP contribution in [0.2, 0.25) is 0 Å². The highest BCUT2D eigenvalue weighted by Gasteiger charge is 2.38. The molecule has 7 heteroatoms. The van der Waals surface area contributed by atoms with Crippen molar-refractivity contribution >= 4 is 17.8 Å². The Labute approximate surface area is 113 Å². The van der Waals surface area contributed by atoms with Crippen LogP contribution in [0.25, 0.3) is 0 Å². The van der Waals surface area contributed by atoms with Crippen molar-refractivity contribution in [2.45, 2.75) is 19.8 Å². The number of benzene rings is 1. The summed E-state index contributed by atoms with van der Waals surface area (Å²) in [6.45, 7) is 1.17. The molecule has 0 aliphatic carbocycles. The fourth-order valence-corrected chi connectivity index (χ4v) is 1.74. The van der Waals surface area contributed by atoms with Crippen molar-refractivity contribution in [3.8, 4) is 0 Å². The molecule has 1 unspecified atom stereocenters. The molecule has 1 aliphatic rings. The second kappa shape index (κ2) is 5.36. The number of halogens is 2. The fourth-order valence-electron chi connectivity index (χ4n) is 1.74. The molecular weight excluding hydrogens is 272 g/mol. The van der Waals surface area contributed by atoms with Gasteiger partial charge in [0.25, 0.3) is 11.8 Å². The molecule has 0 spiro atoms. The topological polar surface area (TPSA) is 63.7 Å². The van der Waals surface area contributed by atoms with Crippen molar-refractivity contribution in [2.24, 2.45) is 5.92 Å². The molecule has 1 aromatic carbocycles. The van der Waals surface area contributed by atoms with E-state index < -0.39 is 36.5 Å². The van der Waals surface area contributed by atoms with Crippen LogP contribution in [0.4, 0.5) is 8.78 Å². The van der Waals surface area contributed by atoms with Gasteiger partial charge in [-0.05, 0) is 12.1 Å². The zero-order valence-corrected chi connectivity index (χ0v) is 10.5. The average molecular weight is 283 g/mol. The maximum atomic E-state index is 12.3. The Hall–Kier alpha value is -2.31. The van der Waals surface area contributed by atoms with Gasteiger partial charge in [0.2, 0.25) is 6.43 Å². The van der Waals surface area contributed by atoms with E-state index in [2.05, 4.69) is 4.84 Å². The molecular formula is C13H11F2NO4. The molecule has 0 bridgehead atoms. The van der Waals surface area contributed by atoms with Gasteiger partial charge in [-0.1, -0.05) is 24.1 Å². The molecule has 0 saturated heterocycles. The third-order valence-corrected chi connectivity index (χ3v) is 2.87. The number of amides is 2. The normalized spacial score (nSPS) is 15.5. The lowest BCUT2D eigenvalue weighted by atomic mass is 10.1. The molecule has 0 radical (unpaired) electrons. The lowest BCUT2D eigenvalue weighted by Gasteiger charge is -2.14.